The summed E-state index contributed by atoms with van der Waals surface area (Å²) < 4.78 is 0. The second-order valence-electron chi connectivity index (χ2n) is 2.53. The molecule has 0 bridgehead atoms. The Bertz CT molecular complexity index is 104. The van der Waals surface area contributed by atoms with Gasteiger partial charge >= 0.3 is 0 Å². The van der Waals surface area contributed by atoms with E-state index in [-0.39, 0.29) is 65.4 Å². The first kappa shape index (κ1) is 36.2. The molecule has 17 heavy (non-hydrogen) atoms. The van der Waals surface area contributed by atoms with Crippen molar-refractivity contribution in [1.29, 1.82) is 0 Å². The number of rotatable bonds is 3. The molecule has 0 nitrogen and oxygen atoms in total. The monoisotopic (exact) mass is 386 g/mol. The van der Waals surface area contributed by atoms with Crippen LogP contribution in [0.3, 0.4) is 0 Å². The Morgan fingerprint density at radius 1 is 1.18 bits per heavy atom. The van der Waals surface area contributed by atoms with Gasteiger partial charge in [0.15, 0.2) is 0 Å². The van der Waals surface area contributed by atoms with Gasteiger partial charge < -0.3 is 12.7 Å². The molecule has 0 fully saturated rings. The molecule has 0 spiro atoms. The molecule has 0 unspecified atom stereocenters. The van der Waals surface area contributed by atoms with Gasteiger partial charge in [-0.15, -0.1) is 13.2 Å². The molecule has 0 aliphatic rings. The summed E-state index contributed by atoms with van der Waals surface area (Å²) in [5, 5.41) is 0. The summed E-state index contributed by atoms with van der Waals surface area (Å²) in [6, 6.07) is 0. The zero-order valence-electron chi connectivity index (χ0n) is 12.2. The quantitative estimate of drug-likeness (QED) is 0.339. The van der Waals surface area contributed by atoms with Crippen molar-refractivity contribution < 1.29 is 65.4 Å². The second kappa shape index (κ2) is 67.3. The minimum Gasteiger partial charge on any atom is -0.518 e. The normalized spacial score (nSPS) is 5.18. The van der Waals surface area contributed by atoms with Gasteiger partial charge in [0, 0.05) is 65.4 Å². The minimum absolute atomic E-state index is 0. The van der Waals surface area contributed by atoms with Crippen LogP contribution < -0.4 is 0 Å². The Morgan fingerprint density at radius 3 is 1.47 bits per heavy atom. The van der Waals surface area contributed by atoms with Gasteiger partial charge in [-0.05, 0) is 13.3 Å². The van der Waals surface area contributed by atoms with Crippen molar-refractivity contribution in [1.82, 2.24) is 0 Å². The molecule has 0 aliphatic heterocycles. The molecule has 0 N–H and O–H groups in total. The molecule has 2 radical (unpaired) electrons. The van der Waals surface area contributed by atoms with Gasteiger partial charge in [-0.25, -0.2) is 0 Å². The van der Waals surface area contributed by atoms with Crippen LogP contribution in [0.4, 0.5) is 0 Å². The van der Waals surface area contributed by atoms with Crippen LogP contribution in [0.25, 0.3) is 0 Å². The van der Waals surface area contributed by atoms with Gasteiger partial charge in [-0.3, -0.25) is 12.7 Å². The van der Waals surface area contributed by atoms with Gasteiger partial charge in [-0.1, -0.05) is 38.8 Å². The first-order chi connectivity index (χ1) is 7.16. The van der Waals surface area contributed by atoms with Crippen LogP contribution in [-0.4, -0.2) is 0 Å². The summed E-state index contributed by atoms with van der Waals surface area (Å²) in [7, 11) is 0. The molecule has 0 heterocycles. The predicted molar refractivity (Wildman–Crippen MR) is 74.7 cm³/mol. The van der Waals surface area contributed by atoms with Crippen molar-refractivity contribution >= 4 is 0 Å². The number of hydrogen-bond donors (Lipinski definition) is 0. The Balaban J connectivity index is -0.0000000243. The topological polar surface area (TPSA) is 0 Å². The van der Waals surface area contributed by atoms with E-state index in [0.29, 0.717) is 0 Å². The molecule has 0 amide bonds. The fraction of sp³-hybridized carbons (Fsp3) is 0.467. The Hall–Kier alpha value is 1.17. The van der Waals surface area contributed by atoms with Crippen molar-refractivity contribution in [3.63, 3.8) is 0 Å². The molecular weight excluding hydrogens is 358 g/mol. The maximum absolute atomic E-state index is 4.72. The van der Waals surface area contributed by atoms with Gasteiger partial charge in [0.2, 0.25) is 0 Å². The molecule has 96 valence electrons. The Kier molecular flexibility index (Phi) is 143. The van der Waals surface area contributed by atoms with Crippen LogP contribution in [0.1, 0.15) is 47.0 Å². The van der Waals surface area contributed by atoms with E-state index in [9.17, 15) is 0 Å². The smallest absolute Gasteiger partial charge is 0 e. The van der Waals surface area contributed by atoms with Crippen LogP contribution in [0.15, 0.2) is 38.0 Å². The van der Waals surface area contributed by atoms with Gasteiger partial charge in [0.1, 0.15) is 0 Å². The summed E-state index contributed by atoms with van der Waals surface area (Å²) in [6.07, 6.45) is 11.5. The fourth-order valence-electron chi connectivity index (χ4n) is 0.348. The SMILES string of the molecule is C=CC.C=CCCCC.C=[C-]C.[CH-]=CC.[Y].[Y]. The van der Waals surface area contributed by atoms with E-state index in [4.69, 9.17) is 6.58 Å². The molecular formula is C15H28Y2-2. The Morgan fingerprint density at radius 2 is 1.41 bits per heavy atom. The average molecular weight is 386 g/mol. The van der Waals surface area contributed by atoms with Crippen molar-refractivity contribution in [2.24, 2.45) is 0 Å². The van der Waals surface area contributed by atoms with Gasteiger partial charge in [-0.2, -0.15) is 6.92 Å². The average Bonchev–Trinajstić information content (AvgIpc) is 2.18. The zero-order chi connectivity index (χ0) is 12.9. The molecule has 0 rings (SSSR count). The summed E-state index contributed by atoms with van der Waals surface area (Å²) in [5.74, 6) is 0. The molecule has 0 saturated carbocycles. The minimum atomic E-state index is 0. The molecule has 2 heteroatoms. The second-order valence-corrected chi connectivity index (χ2v) is 2.53. The molecule has 0 aliphatic carbocycles. The predicted octanol–water partition coefficient (Wildman–Crippen LogP) is 5.54. The van der Waals surface area contributed by atoms with Crippen molar-refractivity contribution in [3.05, 3.63) is 50.6 Å². The van der Waals surface area contributed by atoms with Crippen LogP contribution >= 0.6 is 0 Å². The molecule has 0 atom stereocenters. The van der Waals surface area contributed by atoms with Crippen LogP contribution in [0.2, 0.25) is 0 Å². The van der Waals surface area contributed by atoms with Gasteiger partial charge in [0.05, 0.1) is 0 Å². The summed E-state index contributed by atoms with van der Waals surface area (Å²) in [4.78, 5) is 0. The van der Waals surface area contributed by atoms with Crippen LogP contribution in [0, 0.1) is 12.7 Å². The molecule has 0 aromatic rings. The summed E-state index contributed by atoms with van der Waals surface area (Å²) in [6.45, 7) is 22.5. The third-order valence-electron chi connectivity index (χ3n) is 0.762. The number of hydrogen-bond acceptors (Lipinski definition) is 0. The van der Waals surface area contributed by atoms with Crippen molar-refractivity contribution in [2.45, 2.75) is 47.0 Å². The maximum Gasteiger partial charge on any atom is 0 e. The third-order valence-corrected chi connectivity index (χ3v) is 0.762. The number of unbranched alkanes of at least 4 members (excludes halogenated alkanes) is 2. The fourth-order valence-corrected chi connectivity index (χ4v) is 0.348. The van der Waals surface area contributed by atoms with E-state index in [2.05, 4.69) is 32.7 Å². The zero-order valence-corrected chi connectivity index (χ0v) is 17.9. The first-order valence-electron chi connectivity index (χ1n) is 5.27. The largest absolute Gasteiger partial charge is 0.518 e. The van der Waals surface area contributed by atoms with E-state index in [1.54, 1.807) is 19.9 Å². The molecule has 0 saturated heterocycles. The van der Waals surface area contributed by atoms with E-state index >= 15 is 0 Å². The third kappa shape index (κ3) is 227. The van der Waals surface area contributed by atoms with Crippen molar-refractivity contribution in [2.75, 3.05) is 0 Å². The van der Waals surface area contributed by atoms with E-state index < -0.39 is 0 Å². The van der Waals surface area contributed by atoms with E-state index in [1.807, 2.05) is 13.0 Å². The van der Waals surface area contributed by atoms with E-state index in [1.165, 1.54) is 25.3 Å². The van der Waals surface area contributed by atoms with Crippen LogP contribution in [0.5, 0.6) is 0 Å². The molecule has 0 aromatic heterocycles. The molecule has 0 aromatic carbocycles. The standard InChI is InChI=1S/C6H12.C3H6.2C3H5.2Y/c1-3-5-6-4-2;3*1-3-2;;/h3H,1,4-6H2,2H3;3H,1H2,2H3;1H2,2H3;1,3H,2H3;;/q;;2*-1;;. The Labute approximate surface area is 161 Å². The number of allylic oxidation sites excluding steroid dienone is 4. The van der Waals surface area contributed by atoms with Crippen LogP contribution in [-0.2, 0) is 65.4 Å². The summed E-state index contributed by atoms with van der Waals surface area (Å²) >= 11 is 0. The summed E-state index contributed by atoms with van der Waals surface area (Å²) in [5.41, 5.74) is 0. The maximum atomic E-state index is 4.72. The van der Waals surface area contributed by atoms with Gasteiger partial charge in [0.25, 0.3) is 0 Å². The first-order valence-corrected chi connectivity index (χ1v) is 5.27. The van der Waals surface area contributed by atoms with Crippen molar-refractivity contribution in [3.8, 4) is 0 Å². The van der Waals surface area contributed by atoms with E-state index in [0.717, 1.165) is 0 Å².